The summed E-state index contributed by atoms with van der Waals surface area (Å²) in [6, 6.07) is 0. The predicted octanol–water partition coefficient (Wildman–Crippen LogP) is 8.17. The molecule has 0 bridgehead atoms. The molecule has 0 aromatic carbocycles. The van der Waals surface area contributed by atoms with E-state index in [2.05, 4.69) is 137 Å². The molecular formula is C23H65NSi8. The van der Waals surface area contributed by atoms with Crippen LogP contribution >= 0.6 is 0 Å². The van der Waals surface area contributed by atoms with E-state index in [-0.39, 0.29) is 0 Å². The Hall–Kier alpha value is 1.70. The van der Waals surface area contributed by atoms with Crippen molar-refractivity contribution >= 4 is 58.8 Å². The number of nitrogens with zero attached hydrogens (tertiary/aromatic N) is 1. The van der Waals surface area contributed by atoms with Crippen LogP contribution in [0.25, 0.3) is 0 Å². The van der Waals surface area contributed by atoms with Crippen LogP contribution in [0.15, 0.2) is 0 Å². The highest BCUT2D eigenvalue weighted by Gasteiger charge is 2.76. The zero-order valence-electron chi connectivity index (χ0n) is 26.4. The van der Waals surface area contributed by atoms with Crippen LogP contribution in [0.2, 0.25) is 118 Å². The summed E-state index contributed by atoms with van der Waals surface area (Å²) in [6.07, 6.45) is 0. The normalized spacial score (nSPS) is 16.3. The first-order valence-electron chi connectivity index (χ1n) is 13.4. The van der Waals surface area contributed by atoms with E-state index in [1.165, 1.54) is 13.1 Å². The van der Waals surface area contributed by atoms with Gasteiger partial charge in [-0.3, -0.25) is 0 Å². The fourth-order valence-electron chi connectivity index (χ4n) is 10.7. The molecule has 9 heteroatoms. The Morgan fingerprint density at radius 2 is 0.531 bits per heavy atom. The molecule has 0 aliphatic heterocycles. The minimum Gasteiger partial charge on any atom is -0.308 e. The van der Waals surface area contributed by atoms with Gasteiger partial charge in [0.25, 0.3) is 0 Å². The summed E-state index contributed by atoms with van der Waals surface area (Å²) >= 11 is 0. The molecule has 0 saturated carbocycles. The molecule has 0 aromatic rings. The fourth-order valence-corrected chi connectivity index (χ4v) is 260. The van der Waals surface area contributed by atoms with Crippen LogP contribution in [-0.2, 0) is 0 Å². The van der Waals surface area contributed by atoms with Gasteiger partial charge < -0.3 is 4.90 Å². The first-order chi connectivity index (χ1) is 13.6. The third kappa shape index (κ3) is 5.21. The molecule has 194 valence electrons. The summed E-state index contributed by atoms with van der Waals surface area (Å²) in [5.74, 6) is 0. The molecule has 1 nitrogen and oxygen atoms in total. The second-order valence-corrected chi connectivity index (χ2v) is 98.8. The van der Waals surface area contributed by atoms with E-state index >= 15 is 0 Å². The molecule has 0 aliphatic carbocycles. The van der Waals surface area contributed by atoms with E-state index in [0.29, 0.717) is 0 Å². The van der Waals surface area contributed by atoms with E-state index in [4.69, 9.17) is 0 Å². The second kappa shape index (κ2) is 9.87. The summed E-state index contributed by atoms with van der Waals surface area (Å²) in [4.78, 5) is 3.20. The molecule has 0 fully saturated rings. The van der Waals surface area contributed by atoms with Crippen molar-refractivity contribution in [3.05, 3.63) is 0 Å². The maximum atomic E-state index is 3.20. The quantitative estimate of drug-likeness (QED) is 0.223. The van der Waals surface area contributed by atoms with Gasteiger partial charge in [0, 0.05) is 45.5 Å². The standard InChI is InChI=1S/C23H65NSi8/c1-21-24(22-2)23(31(25(3,4)5,26(6,7)8)27(9,10)11)32(28(12,13)14,29(15,16)17)30(18,19)20/h23H,21-22H2,1-20H3. The number of hydrogen-bond donors (Lipinski definition) is 0. The van der Waals surface area contributed by atoms with Crippen molar-refractivity contribution in [2.45, 2.75) is 137 Å². The van der Waals surface area contributed by atoms with E-state index in [1.807, 2.05) is 0 Å². The third-order valence-corrected chi connectivity index (χ3v) is 162. The second-order valence-electron chi connectivity index (χ2n) is 16.7. The lowest BCUT2D eigenvalue weighted by Crippen LogP contribution is -3.01. The van der Waals surface area contributed by atoms with Gasteiger partial charge in [0.05, 0.1) is 13.3 Å². The summed E-state index contributed by atoms with van der Waals surface area (Å²) in [5, 5.41) is 1.04. The van der Waals surface area contributed by atoms with Gasteiger partial charge in [0.2, 0.25) is 0 Å². The maximum absolute atomic E-state index is 3.20. The maximum Gasteiger partial charge on any atom is 0.0526 e. The topological polar surface area (TPSA) is 3.24 Å². The molecule has 0 unspecified atom stereocenters. The zero-order chi connectivity index (χ0) is 26.6. The molecule has 0 radical (unpaired) electrons. The fraction of sp³-hybridized carbons (Fsp3) is 1.00. The monoisotopic (exact) mass is 579 g/mol. The van der Waals surface area contributed by atoms with Crippen molar-refractivity contribution < 1.29 is 0 Å². The molecule has 0 spiro atoms. The smallest absolute Gasteiger partial charge is 0.0526 e. The SMILES string of the molecule is CCN(CC)C([Si]([Si](C)(C)C)([Si](C)(C)C)[Si](C)(C)C)[Si]([Si](C)(C)C)([Si](C)(C)C)[Si](C)(C)C. The van der Waals surface area contributed by atoms with E-state index in [0.717, 1.165) is 5.29 Å². The Labute approximate surface area is 212 Å². The summed E-state index contributed by atoms with van der Waals surface area (Å²) in [5.41, 5.74) is 0. The molecule has 32 heavy (non-hydrogen) atoms. The molecule has 0 heterocycles. The molecule has 0 atom stereocenters. The summed E-state index contributed by atoms with van der Waals surface area (Å²) in [7, 11) is -8.34. The molecule has 0 rings (SSSR count). The Kier molecular flexibility index (Phi) is 10.4. The van der Waals surface area contributed by atoms with Crippen LogP contribution in [-0.4, -0.2) is 82.1 Å². The van der Waals surface area contributed by atoms with Gasteiger partial charge in [-0.1, -0.05) is 132 Å². The van der Waals surface area contributed by atoms with Crippen molar-refractivity contribution in [2.24, 2.45) is 0 Å². The predicted molar refractivity (Wildman–Crippen MR) is 178 cm³/mol. The van der Waals surface area contributed by atoms with E-state index < -0.39 is 58.8 Å². The Morgan fingerprint density at radius 3 is 0.625 bits per heavy atom. The zero-order valence-corrected chi connectivity index (χ0v) is 34.4. The van der Waals surface area contributed by atoms with Gasteiger partial charge in [-0.2, -0.15) is 0 Å². The van der Waals surface area contributed by atoms with Gasteiger partial charge in [-0.25, -0.2) is 0 Å². The van der Waals surface area contributed by atoms with Crippen LogP contribution in [0, 0.1) is 0 Å². The lowest BCUT2D eigenvalue weighted by Gasteiger charge is -2.73. The highest BCUT2D eigenvalue weighted by atomic mass is 30.0. The Balaban J connectivity index is 8.55. The molecule has 0 amide bonds. The van der Waals surface area contributed by atoms with Gasteiger partial charge in [-0.05, 0) is 18.4 Å². The van der Waals surface area contributed by atoms with Crippen LogP contribution in [0.1, 0.15) is 13.8 Å². The minimum atomic E-state index is -1.59. The van der Waals surface area contributed by atoms with Crippen LogP contribution < -0.4 is 0 Å². The van der Waals surface area contributed by atoms with Crippen LogP contribution in [0.3, 0.4) is 0 Å². The van der Waals surface area contributed by atoms with Crippen molar-refractivity contribution in [3.63, 3.8) is 0 Å². The first kappa shape index (κ1) is 33.7. The summed E-state index contributed by atoms with van der Waals surface area (Å²) < 4.78 is 0. The van der Waals surface area contributed by atoms with E-state index in [1.54, 1.807) is 0 Å². The van der Waals surface area contributed by atoms with Crippen molar-refractivity contribution in [3.8, 4) is 0 Å². The van der Waals surface area contributed by atoms with Gasteiger partial charge in [0.15, 0.2) is 0 Å². The van der Waals surface area contributed by atoms with Crippen molar-refractivity contribution in [1.82, 2.24) is 4.90 Å². The highest BCUT2D eigenvalue weighted by molar-refractivity contribution is 7.98. The first-order valence-corrected chi connectivity index (χ1v) is 44.5. The van der Waals surface area contributed by atoms with Gasteiger partial charge in [0.1, 0.15) is 0 Å². The van der Waals surface area contributed by atoms with Crippen molar-refractivity contribution in [1.29, 1.82) is 0 Å². The molecule has 0 aromatic heterocycles. The Morgan fingerprint density at radius 1 is 0.375 bits per heavy atom. The lowest BCUT2D eigenvalue weighted by molar-refractivity contribution is 0.323. The van der Waals surface area contributed by atoms with Gasteiger partial charge in [-0.15, -0.1) is 0 Å². The van der Waals surface area contributed by atoms with Crippen molar-refractivity contribution in [2.75, 3.05) is 13.1 Å². The Bertz CT molecular complexity index is 495. The van der Waals surface area contributed by atoms with Crippen LogP contribution in [0.4, 0.5) is 0 Å². The highest BCUT2D eigenvalue weighted by Crippen LogP contribution is 2.50. The molecule has 0 N–H and O–H groups in total. The molecule has 0 saturated heterocycles. The minimum absolute atomic E-state index is 1.04. The average Bonchev–Trinajstić information content (AvgIpc) is 2.39. The third-order valence-electron chi connectivity index (χ3n) is 9.10. The number of hydrogen-bond acceptors (Lipinski definition) is 1. The van der Waals surface area contributed by atoms with Crippen LogP contribution in [0.5, 0.6) is 0 Å². The largest absolute Gasteiger partial charge is 0.308 e. The van der Waals surface area contributed by atoms with E-state index in [9.17, 15) is 0 Å². The molecular weight excluding hydrogens is 515 g/mol. The number of rotatable bonds is 11. The lowest BCUT2D eigenvalue weighted by atomic mass is 10.6. The van der Waals surface area contributed by atoms with Gasteiger partial charge >= 0.3 is 0 Å². The molecule has 0 aliphatic rings. The summed E-state index contributed by atoms with van der Waals surface area (Å²) in [6.45, 7) is 56.0. The average molecular weight is 580 g/mol.